The third-order valence-electron chi connectivity index (χ3n) is 6.29. The fraction of sp³-hybridized carbons (Fsp3) is 0.360. The van der Waals surface area contributed by atoms with Crippen LogP contribution in [0.1, 0.15) is 43.2 Å². The van der Waals surface area contributed by atoms with E-state index in [0.29, 0.717) is 13.1 Å². The zero-order valence-corrected chi connectivity index (χ0v) is 16.7. The minimum absolute atomic E-state index is 0.0154. The van der Waals surface area contributed by atoms with Crippen LogP contribution in [-0.4, -0.2) is 29.8 Å². The highest BCUT2D eigenvalue weighted by Crippen LogP contribution is 2.41. The molecule has 1 aliphatic carbocycles. The van der Waals surface area contributed by atoms with Crippen molar-refractivity contribution in [2.24, 2.45) is 5.92 Å². The molecule has 29 heavy (non-hydrogen) atoms. The van der Waals surface area contributed by atoms with Gasteiger partial charge in [-0.3, -0.25) is 9.59 Å². The van der Waals surface area contributed by atoms with E-state index in [2.05, 4.69) is 17.4 Å². The van der Waals surface area contributed by atoms with Gasteiger partial charge in [0.1, 0.15) is 0 Å². The third kappa shape index (κ3) is 4.42. The van der Waals surface area contributed by atoms with E-state index in [9.17, 15) is 9.59 Å². The SMILES string of the molecule is O=C(NC1(c2ccccc2)CCC1)C1CCN(C(=O)C=Cc2ccccc2)CC1. The predicted octanol–water partition coefficient (Wildman–Crippen LogP) is 4.13. The maximum absolute atomic E-state index is 12.9. The second kappa shape index (κ2) is 8.64. The van der Waals surface area contributed by atoms with Gasteiger partial charge >= 0.3 is 0 Å². The Hall–Kier alpha value is -2.88. The van der Waals surface area contributed by atoms with Gasteiger partial charge in [0.05, 0.1) is 5.54 Å². The number of likely N-dealkylation sites (tertiary alicyclic amines) is 1. The number of hydrogen-bond acceptors (Lipinski definition) is 2. The maximum atomic E-state index is 12.9. The zero-order chi connectivity index (χ0) is 20.1. The first-order chi connectivity index (χ1) is 14.2. The second-order valence-electron chi connectivity index (χ2n) is 8.13. The van der Waals surface area contributed by atoms with Gasteiger partial charge in [0.2, 0.25) is 11.8 Å². The molecule has 2 aromatic carbocycles. The predicted molar refractivity (Wildman–Crippen MR) is 115 cm³/mol. The van der Waals surface area contributed by atoms with Gasteiger partial charge in [0, 0.05) is 25.1 Å². The normalized spacial score (nSPS) is 19.0. The van der Waals surface area contributed by atoms with E-state index in [1.165, 1.54) is 5.56 Å². The molecular weight excluding hydrogens is 360 g/mol. The standard InChI is InChI=1S/C25H28N2O2/c28-23(13-12-20-8-3-1-4-9-20)27-18-14-21(15-19-27)24(29)26-25(16-7-17-25)22-10-5-2-6-11-22/h1-6,8-13,21H,7,14-19H2,(H,26,29). The van der Waals surface area contributed by atoms with Gasteiger partial charge in [-0.15, -0.1) is 0 Å². The van der Waals surface area contributed by atoms with Gasteiger partial charge in [0.25, 0.3) is 0 Å². The minimum Gasteiger partial charge on any atom is -0.346 e. The van der Waals surface area contributed by atoms with Crippen molar-refractivity contribution in [3.05, 3.63) is 77.9 Å². The zero-order valence-electron chi connectivity index (χ0n) is 16.7. The van der Waals surface area contributed by atoms with Crippen LogP contribution in [-0.2, 0) is 15.1 Å². The lowest BCUT2D eigenvalue weighted by Gasteiger charge is -2.44. The molecule has 1 heterocycles. The number of hydrogen-bond donors (Lipinski definition) is 1. The van der Waals surface area contributed by atoms with Crippen LogP contribution in [0.4, 0.5) is 0 Å². The Bertz CT molecular complexity index is 864. The van der Waals surface area contributed by atoms with Crippen LogP contribution in [0.5, 0.6) is 0 Å². The quantitative estimate of drug-likeness (QED) is 0.783. The Labute approximate surface area is 172 Å². The molecule has 1 saturated carbocycles. The first-order valence-electron chi connectivity index (χ1n) is 10.6. The van der Waals surface area contributed by atoms with Crippen LogP contribution < -0.4 is 5.32 Å². The molecule has 150 valence electrons. The highest BCUT2D eigenvalue weighted by atomic mass is 16.2. The van der Waals surface area contributed by atoms with E-state index >= 15 is 0 Å². The van der Waals surface area contributed by atoms with Gasteiger partial charge in [-0.2, -0.15) is 0 Å². The summed E-state index contributed by atoms with van der Waals surface area (Å²) in [7, 11) is 0. The summed E-state index contributed by atoms with van der Waals surface area (Å²) in [6.45, 7) is 1.27. The molecule has 0 atom stereocenters. The van der Waals surface area contributed by atoms with Crippen molar-refractivity contribution in [1.82, 2.24) is 10.2 Å². The molecule has 0 aromatic heterocycles. The van der Waals surface area contributed by atoms with E-state index in [1.807, 2.05) is 59.5 Å². The van der Waals surface area contributed by atoms with Crippen molar-refractivity contribution in [3.63, 3.8) is 0 Å². The van der Waals surface area contributed by atoms with Crippen molar-refractivity contribution in [3.8, 4) is 0 Å². The molecule has 4 rings (SSSR count). The van der Waals surface area contributed by atoms with Crippen LogP contribution in [0.25, 0.3) is 6.08 Å². The summed E-state index contributed by atoms with van der Waals surface area (Å²) in [6.07, 6.45) is 8.09. The van der Waals surface area contributed by atoms with Crippen molar-refractivity contribution in [2.45, 2.75) is 37.6 Å². The maximum Gasteiger partial charge on any atom is 0.246 e. The molecule has 1 aliphatic heterocycles. The molecule has 0 spiro atoms. The summed E-state index contributed by atoms with van der Waals surface area (Å²) in [5, 5.41) is 3.35. The van der Waals surface area contributed by atoms with E-state index in [-0.39, 0.29) is 23.3 Å². The lowest BCUT2D eigenvalue weighted by atomic mass is 9.71. The van der Waals surface area contributed by atoms with Crippen LogP contribution >= 0.6 is 0 Å². The molecule has 4 heteroatoms. The molecule has 2 aliphatic rings. The highest BCUT2D eigenvalue weighted by molar-refractivity contribution is 5.92. The van der Waals surface area contributed by atoms with Gasteiger partial charge in [-0.05, 0) is 49.3 Å². The molecule has 2 fully saturated rings. The lowest BCUT2D eigenvalue weighted by molar-refractivity contribution is -0.134. The molecule has 1 N–H and O–H groups in total. The topological polar surface area (TPSA) is 49.4 Å². The molecule has 4 nitrogen and oxygen atoms in total. The smallest absolute Gasteiger partial charge is 0.246 e. The summed E-state index contributed by atoms with van der Waals surface area (Å²) < 4.78 is 0. The van der Waals surface area contributed by atoms with Gasteiger partial charge in [-0.25, -0.2) is 0 Å². The Morgan fingerprint density at radius 1 is 0.931 bits per heavy atom. The van der Waals surface area contributed by atoms with Gasteiger partial charge < -0.3 is 10.2 Å². The molecule has 0 radical (unpaired) electrons. The number of nitrogens with one attached hydrogen (secondary N) is 1. The van der Waals surface area contributed by atoms with Crippen molar-refractivity contribution < 1.29 is 9.59 Å². The monoisotopic (exact) mass is 388 g/mol. The van der Waals surface area contributed by atoms with Crippen molar-refractivity contribution in [2.75, 3.05) is 13.1 Å². The largest absolute Gasteiger partial charge is 0.346 e. The number of rotatable bonds is 5. The molecule has 2 amide bonds. The first-order valence-corrected chi connectivity index (χ1v) is 10.6. The Morgan fingerprint density at radius 2 is 1.55 bits per heavy atom. The highest BCUT2D eigenvalue weighted by Gasteiger charge is 2.41. The molecule has 0 unspecified atom stereocenters. The molecule has 2 aromatic rings. The minimum atomic E-state index is -0.191. The summed E-state index contributed by atoms with van der Waals surface area (Å²) in [5.74, 6) is 0.145. The summed E-state index contributed by atoms with van der Waals surface area (Å²) in [5.41, 5.74) is 2.03. The molecular formula is C25H28N2O2. The summed E-state index contributed by atoms with van der Waals surface area (Å²) >= 11 is 0. The number of amides is 2. The average Bonchev–Trinajstić information content (AvgIpc) is 2.76. The molecule has 0 bridgehead atoms. The number of nitrogens with zero attached hydrogens (tertiary/aromatic N) is 1. The number of benzene rings is 2. The number of carbonyl (C=O) groups excluding carboxylic acids is 2. The Balaban J connectivity index is 1.31. The fourth-order valence-corrected chi connectivity index (χ4v) is 4.31. The Morgan fingerprint density at radius 3 is 2.14 bits per heavy atom. The van der Waals surface area contributed by atoms with Crippen molar-refractivity contribution >= 4 is 17.9 Å². The molecule has 1 saturated heterocycles. The van der Waals surface area contributed by atoms with E-state index < -0.39 is 0 Å². The first kappa shape index (κ1) is 19.4. The van der Waals surface area contributed by atoms with Crippen LogP contribution in [0.2, 0.25) is 0 Å². The van der Waals surface area contributed by atoms with Gasteiger partial charge in [0.15, 0.2) is 0 Å². The van der Waals surface area contributed by atoms with Crippen LogP contribution in [0, 0.1) is 5.92 Å². The lowest BCUT2D eigenvalue weighted by Crippen LogP contribution is -2.53. The summed E-state index contributed by atoms with van der Waals surface area (Å²) in [4.78, 5) is 27.2. The fourth-order valence-electron chi connectivity index (χ4n) is 4.31. The second-order valence-corrected chi connectivity index (χ2v) is 8.13. The van der Waals surface area contributed by atoms with E-state index in [1.54, 1.807) is 6.08 Å². The number of piperidine rings is 1. The van der Waals surface area contributed by atoms with Gasteiger partial charge in [-0.1, -0.05) is 60.7 Å². The van der Waals surface area contributed by atoms with Crippen molar-refractivity contribution in [1.29, 1.82) is 0 Å². The third-order valence-corrected chi connectivity index (χ3v) is 6.29. The van der Waals surface area contributed by atoms with Crippen LogP contribution in [0.3, 0.4) is 0 Å². The summed E-state index contributed by atoms with van der Waals surface area (Å²) in [6, 6.07) is 20.1. The van der Waals surface area contributed by atoms with E-state index in [4.69, 9.17) is 0 Å². The average molecular weight is 389 g/mol. The van der Waals surface area contributed by atoms with E-state index in [0.717, 1.165) is 37.7 Å². The van der Waals surface area contributed by atoms with Crippen LogP contribution in [0.15, 0.2) is 66.7 Å². The number of carbonyl (C=O) groups is 2. The Kier molecular flexibility index (Phi) is 5.79.